The third-order valence-corrected chi connectivity index (χ3v) is 5.18. The van der Waals surface area contributed by atoms with Gasteiger partial charge in [-0.1, -0.05) is 18.7 Å². The van der Waals surface area contributed by atoms with Crippen molar-refractivity contribution in [1.29, 1.82) is 0 Å². The normalized spacial score (nSPS) is 17.9. The summed E-state index contributed by atoms with van der Waals surface area (Å²) in [5.41, 5.74) is 0.703. The van der Waals surface area contributed by atoms with Crippen LogP contribution in [-0.4, -0.2) is 79.1 Å². The summed E-state index contributed by atoms with van der Waals surface area (Å²) in [6.45, 7) is 8.95. The predicted molar refractivity (Wildman–Crippen MR) is 110 cm³/mol. The first-order valence-electron chi connectivity index (χ1n) is 10.1. The number of hydrogen-bond acceptors (Lipinski definition) is 4. The maximum atomic E-state index is 12.5. The molecule has 0 bridgehead atoms. The average molecular weight is 386 g/mol. The van der Waals surface area contributed by atoms with E-state index in [-0.39, 0.29) is 11.9 Å². The summed E-state index contributed by atoms with van der Waals surface area (Å²) in [5.74, 6) is 0.910. The lowest BCUT2D eigenvalue weighted by Gasteiger charge is -2.36. The molecule has 0 aromatic heterocycles. The molecule has 7 heteroatoms. The lowest BCUT2D eigenvalue weighted by atomic mass is 10.1. The van der Waals surface area contributed by atoms with E-state index in [0.717, 1.165) is 39.0 Å². The smallest absolute Gasteiger partial charge is 0.321 e. The third-order valence-electron chi connectivity index (χ3n) is 5.18. The number of amides is 3. The topological polar surface area (TPSA) is 65.1 Å². The summed E-state index contributed by atoms with van der Waals surface area (Å²) in [7, 11) is 0. The van der Waals surface area contributed by atoms with Gasteiger partial charge in [0.05, 0.1) is 6.54 Å². The molecule has 2 saturated heterocycles. The lowest BCUT2D eigenvalue weighted by Crippen LogP contribution is -2.52. The van der Waals surface area contributed by atoms with E-state index in [1.807, 2.05) is 23.1 Å². The van der Waals surface area contributed by atoms with Crippen LogP contribution < -0.4 is 10.1 Å². The van der Waals surface area contributed by atoms with Gasteiger partial charge in [0.15, 0.2) is 0 Å². The summed E-state index contributed by atoms with van der Waals surface area (Å²) < 4.78 is 5.50. The van der Waals surface area contributed by atoms with Gasteiger partial charge >= 0.3 is 6.03 Å². The maximum Gasteiger partial charge on any atom is 0.321 e. The van der Waals surface area contributed by atoms with E-state index in [1.54, 1.807) is 17.0 Å². The van der Waals surface area contributed by atoms with Gasteiger partial charge in [0.25, 0.3) is 0 Å². The lowest BCUT2D eigenvalue weighted by molar-refractivity contribution is -0.133. The Bertz CT molecular complexity index is 680. The molecule has 1 aromatic rings. The van der Waals surface area contributed by atoms with Crippen molar-refractivity contribution in [2.24, 2.45) is 0 Å². The Morgan fingerprint density at radius 3 is 2.50 bits per heavy atom. The highest BCUT2D eigenvalue weighted by molar-refractivity contribution is 5.89. The van der Waals surface area contributed by atoms with Crippen LogP contribution in [0.25, 0.3) is 0 Å². The maximum absolute atomic E-state index is 12.5. The number of carbonyl (C=O) groups is 2. The Labute approximate surface area is 166 Å². The Hall–Kier alpha value is -2.54. The number of piperazine rings is 1. The average Bonchev–Trinajstić information content (AvgIpc) is 2.73. The Kier molecular flexibility index (Phi) is 7.31. The van der Waals surface area contributed by atoms with Crippen molar-refractivity contribution < 1.29 is 14.3 Å². The van der Waals surface area contributed by atoms with Gasteiger partial charge in [0.1, 0.15) is 12.4 Å². The van der Waals surface area contributed by atoms with Crippen LogP contribution in [0.1, 0.15) is 19.3 Å². The number of anilines is 1. The number of ether oxygens (including phenoxy) is 1. The number of carbonyl (C=O) groups excluding carboxylic acids is 2. The molecule has 2 heterocycles. The van der Waals surface area contributed by atoms with Crippen LogP contribution in [0.15, 0.2) is 36.9 Å². The Morgan fingerprint density at radius 1 is 1.04 bits per heavy atom. The summed E-state index contributed by atoms with van der Waals surface area (Å²) in [4.78, 5) is 30.8. The number of piperidine rings is 1. The van der Waals surface area contributed by atoms with Crippen LogP contribution in [0.4, 0.5) is 10.5 Å². The largest absolute Gasteiger partial charge is 0.489 e. The highest BCUT2D eigenvalue weighted by atomic mass is 16.5. The molecule has 0 spiro atoms. The van der Waals surface area contributed by atoms with E-state index < -0.39 is 0 Å². The zero-order valence-corrected chi connectivity index (χ0v) is 16.4. The van der Waals surface area contributed by atoms with Gasteiger partial charge in [-0.15, -0.1) is 0 Å². The van der Waals surface area contributed by atoms with E-state index >= 15 is 0 Å². The first-order chi connectivity index (χ1) is 13.7. The van der Waals surface area contributed by atoms with E-state index in [9.17, 15) is 9.59 Å². The summed E-state index contributed by atoms with van der Waals surface area (Å²) >= 11 is 0. The van der Waals surface area contributed by atoms with Crippen molar-refractivity contribution in [1.82, 2.24) is 14.7 Å². The molecule has 7 nitrogen and oxygen atoms in total. The van der Waals surface area contributed by atoms with Crippen LogP contribution in [0.3, 0.4) is 0 Å². The van der Waals surface area contributed by atoms with Crippen LogP contribution in [0.5, 0.6) is 5.75 Å². The number of urea groups is 1. The van der Waals surface area contributed by atoms with Crippen molar-refractivity contribution >= 4 is 17.6 Å². The number of hydrogen-bond donors (Lipinski definition) is 1. The quantitative estimate of drug-likeness (QED) is 0.763. The van der Waals surface area contributed by atoms with E-state index in [0.29, 0.717) is 37.7 Å². The zero-order chi connectivity index (χ0) is 19.8. The van der Waals surface area contributed by atoms with Crippen molar-refractivity contribution in [2.45, 2.75) is 19.3 Å². The molecule has 0 unspecified atom stereocenters. The first kappa shape index (κ1) is 20.2. The monoisotopic (exact) mass is 386 g/mol. The van der Waals surface area contributed by atoms with Crippen LogP contribution in [0.2, 0.25) is 0 Å². The van der Waals surface area contributed by atoms with Crippen LogP contribution in [-0.2, 0) is 4.79 Å². The van der Waals surface area contributed by atoms with Gasteiger partial charge in [-0.05, 0) is 31.4 Å². The van der Waals surface area contributed by atoms with Crippen molar-refractivity contribution in [2.75, 3.05) is 57.7 Å². The Balaban J connectivity index is 1.43. The number of likely N-dealkylation sites (tertiary alicyclic amines) is 1. The molecule has 0 saturated carbocycles. The molecule has 152 valence electrons. The van der Waals surface area contributed by atoms with Gasteiger partial charge in [-0.2, -0.15) is 0 Å². The fourth-order valence-electron chi connectivity index (χ4n) is 3.56. The molecule has 1 N–H and O–H groups in total. The SMILES string of the molecule is C=CCOc1cccc(NC(=O)N2CCN(CC(=O)N3CCCCC3)CC2)c1. The fourth-order valence-corrected chi connectivity index (χ4v) is 3.56. The van der Waals surface area contributed by atoms with Gasteiger partial charge in [-0.3, -0.25) is 9.69 Å². The minimum absolute atomic E-state index is 0.122. The molecule has 2 fully saturated rings. The molecule has 0 aliphatic carbocycles. The number of nitrogens with one attached hydrogen (secondary N) is 1. The van der Waals surface area contributed by atoms with Crippen molar-refractivity contribution in [3.05, 3.63) is 36.9 Å². The fraction of sp³-hybridized carbons (Fsp3) is 0.524. The van der Waals surface area contributed by atoms with E-state index in [2.05, 4.69) is 16.8 Å². The van der Waals surface area contributed by atoms with Gasteiger partial charge in [-0.25, -0.2) is 4.79 Å². The minimum Gasteiger partial charge on any atom is -0.489 e. The molecule has 1 aromatic carbocycles. The number of benzene rings is 1. The van der Waals surface area contributed by atoms with E-state index in [4.69, 9.17) is 4.74 Å². The summed E-state index contributed by atoms with van der Waals surface area (Å²) in [6.07, 6.45) is 5.13. The highest BCUT2D eigenvalue weighted by Gasteiger charge is 2.24. The zero-order valence-electron chi connectivity index (χ0n) is 16.4. The summed E-state index contributed by atoms with van der Waals surface area (Å²) in [5, 5.41) is 2.92. The molecule has 0 radical (unpaired) electrons. The predicted octanol–water partition coefficient (Wildman–Crippen LogP) is 2.41. The van der Waals surface area contributed by atoms with E-state index in [1.165, 1.54) is 6.42 Å². The van der Waals surface area contributed by atoms with Crippen LogP contribution in [0, 0.1) is 0 Å². The second kappa shape index (κ2) is 10.1. The van der Waals surface area contributed by atoms with Crippen molar-refractivity contribution in [3.63, 3.8) is 0 Å². The second-order valence-electron chi connectivity index (χ2n) is 7.26. The molecular weight excluding hydrogens is 356 g/mol. The Morgan fingerprint density at radius 2 is 1.79 bits per heavy atom. The molecule has 3 rings (SSSR count). The third kappa shape index (κ3) is 5.73. The molecule has 2 aliphatic heterocycles. The standard InChI is InChI=1S/C21H30N4O3/c1-2-15-28-19-8-6-7-18(16-19)22-21(27)25-13-11-23(12-14-25)17-20(26)24-9-4-3-5-10-24/h2,6-8,16H,1,3-5,9-15,17H2,(H,22,27). The number of nitrogens with zero attached hydrogens (tertiary/aromatic N) is 3. The van der Waals surface area contributed by atoms with Gasteiger partial charge in [0.2, 0.25) is 5.91 Å². The number of rotatable bonds is 6. The highest BCUT2D eigenvalue weighted by Crippen LogP contribution is 2.18. The van der Waals surface area contributed by atoms with Gasteiger partial charge in [0, 0.05) is 51.0 Å². The molecule has 28 heavy (non-hydrogen) atoms. The minimum atomic E-state index is -0.122. The molecule has 0 atom stereocenters. The first-order valence-corrected chi connectivity index (χ1v) is 10.1. The molecular formula is C21H30N4O3. The van der Waals surface area contributed by atoms with Crippen LogP contribution >= 0.6 is 0 Å². The second-order valence-corrected chi connectivity index (χ2v) is 7.26. The molecule has 3 amide bonds. The molecule has 2 aliphatic rings. The van der Waals surface area contributed by atoms with Crippen molar-refractivity contribution in [3.8, 4) is 5.75 Å². The summed E-state index contributed by atoms with van der Waals surface area (Å²) in [6, 6.07) is 7.21. The van der Waals surface area contributed by atoms with Gasteiger partial charge < -0.3 is 19.9 Å².